The van der Waals surface area contributed by atoms with Crippen LogP contribution in [0, 0.1) is 0 Å². The minimum atomic E-state index is 0.927. The smallest absolute Gasteiger partial charge is 0.212 e. The van der Waals surface area contributed by atoms with Crippen LogP contribution >= 0.6 is 27.3 Å². The summed E-state index contributed by atoms with van der Waals surface area (Å²) in [5.41, 5.74) is 5.18. The Morgan fingerprint density at radius 2 is 2.06 bits per heavy atom. The minimum Gasteiger partial charge on any atom is -0.217 e. The Bertz CT molecular complexity index is 654. The van der Waals surface area contributed by atoms with Crippen LogP contribution in [0.3, 0.4) is 0 Å². The van der Waals surface area contributed by atoms with Crippen LogP contribution < -0.4 is 0 Å². The van der Waals surface area contributed by atoms with Crippen molar-refractivity contribution in [2.45, 2.75) is 13.3 Å². The highest BCUT2D eigenvalue weighted by Gasteiger charge is 2.13. The lowest BCUT2D eigenvalue weighted by Gasteiger charge is -2.00. The first-order valence-electron chi connectivity index (χ1n) is 5.36. The molecule has 1 aromatic carbocycles. The maximum atomic E-state index is 4.65. The molecule has 0 amide bonds. The molecule has 3 rings (SSSR count). The van der Waals surface area contributed by atoms with Gasteiger partial charge in [0.15, 0.2) is 0 Å². The number of hydrogen-bond donors (Lipinski definition) is 0. The van der Waals surface area contributed by atoms with E-state index >= 15 is 0 Å². The fraction of sp³-hybridized carbons (Fsp3) is 0.167. The number of fused-ring (bicyclic) bond motifs is 1. The van der Waals surface area contributed by atoms with Crippen LogP contribution in [0.2, 0.25) is 0 Å². The van der Waals surface area contributed by atoms with Gasteiger partial charge in [-0.1, -0.05) is 46.3 Å². The summed E-state index contributed by atoms with van der Waals surface area (Å²) in [5.74, 6) is 0. The molecule has 86 valence electrons. The normalized spacial score (nSPS) is 11.2. The van der Waals surface area contributed by atoms with E-state index in [9.17, 15) is 0 Å². The van der Waals surface area contributed by atoms with E-state index in [0.717, 1.165) is 27.1 Å². The van der Waals surface area contributed by atoms with Crippen LogP contribution in [0.1, 0.15) is 12.6 Å². The maximum absolute atomic E-state index is 4.65. The first kappa shape index (κ1) is 10.9. The Morgan fingerprint density at radius 1 is 1.29 bits per heavy atom. The highest BCUT2D eigenvalue weighted by Crippen LogP contribution is 2.27. The topological polar surface area (TPSA) is 30.2 Å². The zero-order valence-electron chi connectivity index (χ0n) is 9.22. The van der Waals surface area contributed by atoms with Gasteiger partial charge in [0.05, 0.1) is 11.4 Å². The predicted molar refractivity (Wildman–Crippen MR) is 73.4 cm³/mol. The number of nitrogens with zero attached hydrogens (tertiary/aromatic N) is 3. The maximum Gasteiger partial charge on any atom is 0.212 e. The van der Waals surface area contributed by atoms with Crippen LogP contribution in [-0.4, -0.2) is 14.6 Å². The van der Waals surface area contributed by atoms with Gasteiger partial charge in [-0.15, -0.1) is 0 Å². The standard InChI is InChI=1S/C12H10BrN3S/c1-2-10-11(8-3-5-9(13)6-4-8)15-12-16(10)14-7-17-12/h3-7H,2H2,1H3. The molecule has 3 nitrogen and oxygen atoms in total. The van der Waals surface area contributed by atoms with E-state index < -0.39 is 0 Å². The number of hydrogen-bond acceptors (Lipinski definition) is 3. The summed E-state index contributed by atoms with van der Waals surface area (Å²) in [6, 6.07) is 8.23. The summed E-state index contributed by atoms with van der Waals surface area (Å²) in [7, 11) is 0. The van der Waals surface area contributed by atoms with Crippen molar-refractivity contribution in [2.24, 2.45) is 0 Å². The van der Waals surface area contributed by atoms with E-state index in [2.05, 4.69) is 45.1 Å². The molecule has 0 bridgehead atoms. The molecule has 0 saturated carbocycles. The number of rotatable bonds is 2. The summed E-state index contributed by atoms with van der Waals surface area (Å²) >= 11 is 5.01. The Hall–Kier alpha value is -1.20. The number of imidazole rings is 1. The molecular weight excluding hydrogens is 298 g/mol. The molecule has 0 spiro atoms. The van der Waals surface area contributed by atoms with Gasteiger partial charge >= 0.3 is 0 Å². The molecule has 0 aliphatic heterocycles. The van der Waals surface area contributed by atoms with Crippen molar-refractivity contribution in [1.82, 2.24) is 14.6 Å². The van der Waals surface area contributed by atoms with Crippen molar-refractivity contribution in [3.8, 4) is 11.3 Å². The largest absolute Gasteiger partial charge is 0.217 e. The first-order valence-corrected chi connectivity index (χ1v) is 7.04. The van der Waals surface area contributed by atoms with Crippen molar-refractivity contribution in [1.29, 1.82) is 0 Å². The van der Waals surface area contributed by atoms with Gasteiger partial charge in [-0.2, -0.15) is 5.10 Å². The van der Waals surface area contributed by atoms with Crippen LogP contribution in [-0.2, 0) is 6.42 Å². The molecule has 0 aliphatic rings. The van der Waals surface area contributed by atoms with Crippen molar-refractivity contribution >= 4 is 32.2 Å². The van der Waals surface area contributed by atoms with Gasteiger partial charge < -0.3 is 0 Å². The van der Waals surface area contributed by atoms with Gasteiger partial charge in [-0.25, -0.2) is 9.50 Å². The summed E-state index contributed by atoms with van der Waals surface area (Å²) in [6.45, 7) is 2.13. The molecule has 2 heterocycles. The van der Waals surface area contributed by atoms with E-state index in [-0.39, 0.29) is 0 Å². The van der Waals surface area contributed by atoms with Crippen molar-refractivity contribution in [2.75, 3.05) is 0 Å². The summed E-state index contributed by atoms with van der Waals surface area (Å²) in [5, 5.41) is 4.32. The molecule has 0 N–H and O–H groups in total. The second-order valence-corrected chi connectivity index (χ2v) is 5.43. The average molecular weight is 308 g/mol. The fourth-order valence-corrected chi connectivity index (χ4v) is 2.79. The Balaban J connectivity index is 2.22. The minimum absolute atomic E-state index is 0.927. The van der Waals surface area contributed by atoms with Crippen LogP contribution in [0.25, 0.3) is 16.2 Å². The third-order valence-electron chi connectivity index (χ3n) is 2.69. The number of benzene rings is 1. The second-order valence-electron chi connectivity index (χ2n) is 3.70. The molecule has 17 heavy (non-hydrogen) atoms. The van der Waals surface area contributed by atoms with Crippen molar-refractivity contribution in [3.63, 3.8) is 0 Å². The second kappa shape index (κ2) is 4.23. The van der Waals surface area contributed by atoms with Crippen LogP contribution in [0.5, 0.6) is 0 Å². The van der Waals surface area contributed by atoms with Gasteiger partial charge in [0, 0.05) is 10.0 Å². The molecule has 0 aliphatic carbocycles. The first-order chi connectivity index (χ1) is 8.29. The SMILES string of the molecule is CCc1c(-c2ccc(Br)cc2)nc2scnn12. The molecule has 0 radical (unpaired) electrons. The average Bonchev–Trinajstić information content (AvgIpc) is 2.89. The fourth-order valence-electron chi connectivity index (χ4n) is 1.89. The molecular formula is C12H10BrN3S. The third-order valence-corrected chi connectivity index (χ3v) is 3.89. The van der Waals surface area contributed by atoms with E-state index in [1.54, 1.807) is 11.3 Å². The van der Waals surface area contributed by atoms with Crippen molar-refractivity contribution in [3.05, 3.63) is 39.9 Å². The number of aromatic nitrogens is 3. The quantitative estimate of drug-likeness (QED) is 0.721. The summed E-state index contributed by atoms with van der Waals surface area (Å²) in [4.78, 5) is 5.61. The molecule has 0 fully saturated rings. The highest BCUT2D eigenvalue weighted by molar-refractivity contribution is 9.10. The number of halogens is 1. The van der Waals surface area contributed by atoms with Gasteiger partial charge in [0.1, 0.15) is 5.51 Å². The van der Waals surface area contributed by atoms with E-state index in [4.69, 9.17) is 0 Å². The molecule has 0 saturated heterocycles. The van der Waals surface area contributed by atoms with E-state index in [0.29, 0.717) is 0 Å². The van der Waals surface area contributed by atoms with Gasteiger partial charge in [0.25, 0.3) is 0 Å². The predicted octanol–water partition coefficient (Wildman–Crippen LogP) is 3.78. The zero-order chi connectivity index (χ0) is 11.8. The lowest BCUT2D eigenvalue weighted by molar-refractivity contribution is 0.883. The van der Waals surface area contributed by atoms with Crippen molar-refractivity contribution < 1.29 is 0 Å². The Morgan fingerprint density at radius 3 is 2.76 bits per heavy atom. The Kier molecular flexibility index (Phi) is 2.72. The molecule has 0 atom stereocenters. The highest BCUT2D eigenvalue weighted by atomic mass is 79.9. The zero-order valence-corrected chi connectivity index (χ0v) is 11.6. The van der Waals surface area contributed by atoms with E-state index in [1.165, 1.54) is 5.69 Å². The molecule has 3 aromatic rings. The molecule has 0 unspecified atom stereocenters. The molecule has 5 heteroatoms. The van der Waals surface area contributed by atoms with Gasteiger partial charge in [-0.05, 0) is 18.6 Å². The van der Waals surface area contributed by atoms with Crippen LogP contribution in [0.4, 0.5) is 0 Å². The lowest BCUT2D eigenvalue weighted by atomic mass is 10.1. The van der Waals surface area contributed by atoms with E-state index in [1.807, 2.05) is 22.2 Å². The Labute approximate surface area is 111 Å². The molecule has 2 aromatic heterocycles. The summed E-state index contributed by atoms with van der Waals surface area (Å²) < 4.78 is 3.01. The summed E-state index contributed by atoms with van der Waals surface area (Å²) in [6.07, 6.45) is 0.927. The third kappa shape index (κ3) is 1.79. The monoisotopic (exact) mass is 307 g/mol. The number of aryl methyl sites for hydroxylation is 1. The lowest BCUT2D eigenvalue weighted by Crippen LogP contribution is -1.92. The van der Waals surface area contributed by atoms with Crippen LogP contribution in [0.15, 0.2) is 34.2 Å². The van der Waals surface area contributed by atoms with Gasteiger partial charge in [0.2, 0.25) is 4.96 Å². The van der Waals surface area contributed by atoms with Gasteiger partial charge in [-0.3, -0.25) is 0 Å².